The molecule has 0 N–H and O–H groups in total. The number of rotatable bonds is 3. The molecule has 0 aromatic carbocycles. The van der Waals surface area contributed by atoms with E-state index in [9.17, 15) is 0 Å². The first-order valence-electron chi connectivity index (χ1n) is 4.17. The van der Waals surface area contributed by atoms with Crippen LogP contribution in [0.3, 0.4) is 0 Å². The predicted molar refractivity (Wildman–Crippen MR) is 52.4 cm³/mol. The number of allylic oxidation sites excluding steroid dienone is 4. The van der Waals surface area contributed by atoms with Crippen LogP contribution in [0, 0.1) is 5.92 Å². The lowest BCUT2D eigenvalue weighted by Gasteiger charge is -2.10. The zero-order valence-corrected chi connectivity index (χ0v) is 8.36. The molecule has 0 rings (SSSR count). The van der Waals surface area contributed by atoms with E-state index in [-0.39, 0.29) is 0 Å². The van der Waals surface area contributed by atoms with Crippen molar-refractivity contribution in [1.82, 2.24) is 0 Å². The standard InChI is InChI=1S/C11H19/c1-6-7-8-10(4)11(5)9(2)3/h6-7H,8H2,1-5H3. The number of hydrogen-bond acceptors (Lipinski definition) is 0. The first-order chi connectivity index (χ1) is 5.09. The highest BCUT2D eigenvalue weighted by atomic mass is 14.1. The minimum atomic E-state index is 1.09. The molecule has 0 saturated carbocycles. The van der Waals surface area contributed by atoms with Crippen molar-refractivity contribution in [3.05, 3.63) is 29.2 Å². The zero-order valence-electron chi connectivity index (χ0n) is 8.36. The van der Waals surface area contributed by atoms with Crippen molar-refractivity contribution in [3.63, 3.8) is 0 Å². The van der Waals surface area contributed by atoms with Crippen LogP contribution >= 0.6 is 0 Å². The fourth-order valence-electron chi connectivity index (χ4n) is 0.874. The zero-order chi connectivity index (χ0) is 8.85. The van der Waals surface area contributed by atoms with Gasteiger partial charge in [0.2, 0.25) is 0 Å². The normalized spacial score (nSPS) is 11.1. The summed E-state index contributed by atoms with van der Waals surface area (Å²) in [6, 6.07) is 0. The van der Waals surface area contributed by atoms with Crippen LogP contribution in [0.25, 0.3) is 0 Å². The van der Waals surface area contributed by atoms with E-state index in [1.807, 2.05) is 0 Å². The van der Waals surface area contributed by atoms with Gasteiger partial charge in [-0.1, -0.05) is 30.2 Å². The van der Waals surface area contributed by atoms with E-state index in [1.54, 1.807) is 0 Å². The second kappa shape index (κ2) is 5.17. The van der Waals surface area contributed by atoms with E-state index < -0.39 is 0 Å². The Bertz CT molecular complexity index is 157. The van der Waals surface area contributed by atoms with Crippen molar-refractivity contribution in [2.75, 3.05) is 0 Å². The summed E-state index contributed by atoms with van der Waals surface area (Å²) in [6.45, 7) is 10.8. The summed E-state index contributed by atoms with van der Waals surface area (Å²) >= 11 is 0. The Hall–Kier alpha value is -0.520. The molecule has 0 spiro atoms. The molecule has 0 atom stereocenters. The van der Waals surface area contributed by atoms with Crippen LogP contribution in [0.2, 0.25) is 0 Å². The third-order valence-corrected chi connectivity index (χ3v) is 2.05. The molecule has 0 aliphatic heterocycles. The SMILES string of the molecule is CC=CC[C](C)C(C)=C(C)C. The number of hydrogen-bond donors (Lipinski definition) is 0. The minimum Gasteiger partial charge on any atom is -0.0916 e. The van der Waals surface area contributed by atoms with E-state index in [0.717, 1.165) is 6.42 Å². The van der Waals surface area contributed by atoms with Crippen LogP contribution in [0.5, 0.6) is 0 Å². The van der Waals surface area contributed by atoms with Crippen LogP contribution < -0.4 is 0 Å². The smallest absolute Gasteiger partial charge is 0.00116 e. The fraction of sp³-hybridized carbons (Fsp3) is 0.545. The molecule has 0 aromatic heterocycles. The van der Waals surface area contributed by atoms with Crippen LogP contribution in [0.4, 0.5) is 0 Å². The summed E-state index contributed by atoms with van der Waals surface area (Å²) in [5.74, 6) is 1.48. The summed E-state index contributed by atoms with van der Waals surface area (Å²) < 4.78 is 0. The summed E-state index contributed by atoms with van der Waals surface area (Å²) in [6.07, 6.45) is 5.39. The molecule has 0 aliphatic carbocycles. The van der Waals surface area contributed by atoms with Gasteiger partial charge in [-0.05, 0) is 34.1 Å². The van der Waals surface area contributed by atoms with Gasteiger partial charge in [0.1, 0.15) is 0 Å². The largest absolute Gasteiger partial charge is 0.0916 e. The first kappa shape index (κ1) is 10.5. The van der Waals surface area contributed by atoms with Gasteiger partial charge in [-0.25, -0.2) is 0 Å². The molecule has 0 saturated heterocycles. The predicted octanol–water partition coefficient (Wildman–Crippen LogP) is 3.90. The monoisotopic (exact) mass is 151 g/mol. The quantitative estimate of drug-likeness (QED) is 0.536. The molecule has 1 radical (unpaired) electrons. The highest BCUT2D eigenvalue weighted by Gasteiger charge is 2.02. The Morgan fingerprint density at radius 3 is 2.00 bits per heavy atom. The van der Waals surface area contributed by atoms with Gasteiger partial charge in [-0.15, -0.1) is 0 Å². The molecule has 0 amide bonds. The Balaban J connectivity index is 4.03. The molecule has 0 aromatic rings. The Morgan fingerprint density at radius 1 is 1.09 bits per heavy atom. The van der Waals surface area contributed by atoms with Crippen LogP contribution in [-0.4, -0.2) is 0 Å². The summed E-state index contributed by atoms with van der Waals surface area (Å²) in [4.78, 5) is 0. The third kappa shape index (κ3) is 4.02. The van der Waals surface area contributed by atoms with Crippen LogP contribution in [0.15, 0.2) is 23.3 Å². The topological polar surface area (TPSA) is 0 Å². The molecule has 0 nitrogen and oxygen atoms in total. The Morgan fingerprint density at radius 2 is 1.64 bits per heavy atom. The van der Waals surface area contributed by atoms with Crippen molar-refractivity contribution in [3.8, 4) is 0 Å². The lowest BCUT2D eigenvalue weighted by molar-refractivity contribution is 0.981. The van der Waals surface area contributed by atoms with Gasteiger partial charge in [-0.2, -0.15) is 0 Å². The third-order valence-electron chi connectivity index (χ3n) is 2.05. The van der Waals surface area contributed by atoms with E-state index in [1.165, 1.54) is 17.1 Å². The Labute approximate surface area is 71.0 Å². The lowest BCUT2D eigenvalue weighted by Crippen LogP contribution is -1.93. The summed E-state index contributed by atoms with van der Waals surface area (Å²) in [5.41, 5.74) is 2.87. The van der Waals surface area contributed by atoms with E-state index in [4.69, 9.17) is 0 Å². The van der Waals surface area contributed by atoms with Crippen LogP contribution in [0.1, 0.15) is 41.0 Å². The van der Waals surface area contributed by atoms with Crippen LogP contribution in [-0.2, 0) is 0 Å². The molecule has 0 heteroatoms. The highest BCUT2D eigenvalue weighted by Crippen LogP contribution is 2.19. The average Bonchev–Trinajstić information content (AvgIpc) is 1.98. The van der Waals surface area contributed by atoms with Crippen molar-refractivity contribution < 1.29 is 0 Å². The van der Waals surface area contributed by atoms with Gasteiger partial charge in [0.05, 0.1) is 0 Å². The van der Waals surface area contributed by atoms with Gasteiger partial charge in [0.15, 0.2) is 0 Å². The fourth-order valence-corrected chi connectivity index (χ4v) is 0.874. The maximum Gasteiger partial charge on any atom is 0.00116 e. The highest BCUT2D eigenvalue weighted by molar-refractivity contribution is 5.25. The molecular formula is C11H19. The molecule has 0 aliphatic rings. The molecule has 0 fully saturated rings. The lowest BCUT2D eigenvalue weighted by atomic mass is 9.95. The summed E-state index contributed by atoms with van der Waals surface area (Å²) in [7, 11) is 0. The molecule has 0 unspecified atom stereocenters. The maximum absolute atomic E-state index is 2.20. The molecule has 63 valence electrons. The molecule has 11 heavy (non-hydrogen) atoms. The van der Waals surface area contributed by atoms with E-state index in [0.29, 0.717) is 0 Å². The van der Waals surface area contributed by atoms with Crippen molar-refractivity contribution >= 4 is 0 Å². The second-order valence-corrected chi connectivity index (χ2v) is 3.18. The molecule has 0 bridgehead atoms. The average molecular weight is 151 g/mol. The van der Waals surface area contributed by atoms with Gasteiger partial charge in [-0.3, -0.25) is 0 Å². The second-order valence-electron chi connectivity index (χ2n) is 3.18. The summed E-state index contributed by atoms with van der Waals surface area (Å²) in [5, 5.41) is 0. The van der Waals surface area contributed by atoms with Gasteiger partial charge in [0.25, 0.3) is 0 Å². The molecule has 0 heterocycles. The van der Waals surface area contributed by atoms with E-state index >= 15 is 0 Å². The van der Waals surface area contributed by atoms with Gasteiger partial charge >= 0.3 is 0 Å². The van der Waals surface area contributed by atoms with Crippen molar-refractivity contribution in [2.45, 2.75) is 41.0 Å². The Kier molecular flexibility index (Phi) is 4.93. The molecular weight excluding hydrogens is 132 g/mol. The van der Waals surface area contributed by atoms with E-state index in [2.05, 4.69) is 46.8 Å². The van der Waals surface area contributed by atoms with Gasteiger partial charge < -0.3 is 0 Å². The minimum absolute atomic E-state index is 1.09. The first-order valence-corrected chi connectivity index (χ1v) is 4.17. The van der Waals surface area contributed by atoms with Crippen molar-refractivity contribution in [1.29, 1.82) is 0 Å². The van der Waals surface area contributed by atoms with Crippen molar-refractivity contribution in [2.24, 2.45) is 0 Å². The maximum atomic E-state index is 2.20. The van der Waals surface area contributed by atoms with Gasteiger partial charge in [0, 0.05) is 5.92 Å².